The molecule has 0 heterocycles. The molecule has 0 aromatic heterocycles. The Morgan fingerprint density at radius 3 is 1.20 bits per heavy atom. The molecule has 0 spiro atoms. The van der Waals surface area contributed by atoms with Gasteiger partial charge in [0.1, 0.15) is 12.1 Å². The fourth-order valence-electron chi connectivity index (χ4n) is 1.92. The predicted molar refractivity (Wildman–Crippen MR) is 85.4 cm³/mol. The lowest BCUT2D eigenvalue weighted by molar-refractivity contribution is 0.571. The molecule has 0 aliphatic rings. The van der Waals surface area contributed by atoms with Crippen LogP contribution in [0, 0.1) is 9.81 Å². The molecule has 0 amide bonds. The van der Waals surface area contributed by atoms with Crippen molar-refractivity contribution in [3.63, 3.8) is 0 Å². The van der Waals surface area contributed by atoms with Crippen LogP contribution in [0.15, 0.2) is 67.8 Å². The molecule has 6 heteroatoms. The third-order valence-electron chi connectivity index (χ3n) is 2.95. The van der Waals surface area contributed by atoms with Gasteiger partial charge in [0.25, 0.3) is 0 Å². The van der Waals surface area contributed by atoms with E-state index in [0.717, 1.165) is 8.95 Å². The van der Waals surface area contributed by atoms with Gasteiger partial charge in [-0.3, -0.25) is 0 Å². The number of nitroso groups, excluding NO2 is 2. The summed E-state index contributed by atoms with van der Waals surface area (Å²) < 4.78 is 1.79. The molecule has 0 N–H and O–H groups in total. The van der Waals surface area contributed by atoms with Gasteiger partial charge in [-0.1, -0.05) is 66.5 Å². The van der Waals surface area contributed by atoms with E-state index >= 15 is 0 Å². The van der Waals surface area contributed by atoms with E-state index in [1.54, 1.807) is 48.5 Å². The van der Waals surface area contributed by atoms with Gasteiger partial charge < -0.3 is 0 Å². The van der Waals surface area contributed by atoms with Crippen molar-refractivity contribution in [2.75, 3.05) is 0 Å². The second-order valence-electron chi connectivity index (χ2n) is 4.20. The van der Waals surface area contributed by atoms with Gasteiger partial charge in [0, 0.05) is 8.95 Å². The normalized spacial score (nSPS) is 13.5. The first-order valence-electron chi connectivity index (χ1n) is 5.81. The second-order valence-corrected chi connectivity index (χ2v) is 6.03. The highest BCUT2D eigenvalue weighted by molar-refractivity contribution is 9.10. The maximum Gasteiger partial charge on any atom is 0.147 e. The fraction of sp³-hybridized carbons (Fsp3) is 0.143. The molecule has 0 bridgehead atoms. The van der Waals surface area contributed by atoms with Crippen LogP contribution in [0.25, 0.3) is 0 Å². The summed E-state index contributed by atoms with van der Waals surface area (Å²) in [6.45, 7) is 0. The predicted octanol–water partition coefficient (Wildman–Crippen LogP) is 5.53. The number of halogens is 2. The molecule has 20 heavy (non-hydrogen) atoms. The SMILES string of the molecule is O=NC(c1ccc(Br)cc1)C(N=O)c1ccc(Br)cc1. The molecule has 102 valence electrons. The fourth-order valence-corrected chi connectivity index (χ4v) is 2.45. The summed E-state index contributed by atoms with van der Waals surface area (Å²) in [5.41, 5.74) is 1.33. The van der Waals surface area contributed by atoms with Crippen LogP contribution in [-0.4, -0.2) is 0 Å². The molecule has 0 radical (unpaired) electrons. The highest BCUT2D eigenvalue weighted by Gasteiger charge is 2.27. The van der Waals surface area contributed by atoms with Crippen molar-refractivity contribution in [2.24, 2.45) is 10.4 Å². The van der Waals surface area contributed by atoms with E-state index in [1.165, 1.54) is 0 Å². The molecule has 2 aromatic rings. The lowest BCUT2D eigenvalue weighted by Crippen LogP contribution is -2.06. The van der Waals surface area contributed by atoms with Crippen LogP contribution in [0.5, 0.6) is 0 Å². The average molecular weight is 398 g/mol. The minimum atomic E-state index is -0.832. The highest BCUT2D eigenvalue weighted by atomic mass is 79.9. The maximum atomic E-state index is 11.2. The van der Waals surface area contributed by atoms with Crippen LogP contribution < -0.4 is 0 Å². The van der Waals surface area contributed by atoms with Gasteiger partial charge in [-0.05, 0) is 35.4 Å². The van der Waals surface area contributed by atoms with E-state index < -0.39 is 12.1 Å². The summed E-state index contributed by atoms with van der Waals surface area (Å²) in [7, 11) is 0. The van der Waals surface area contributed by atoms with E-state index in [2.05, 4.69) is 42.2 Å². The summed E-state index contributed by atoms with van der Waals surface area (Å²) in [4.78, 5) is 22.3. The van der Waals surface area contributed by atoms with Crippen molar-refractivity contribution in [3.05, 3.63) is 78.4 Å². The van der Waals surface area contributed by atoms with Crippen molar-refractivity contribution in [2.45, 2.75) is 12.1 Å². The summed E-state index contributed by atoms with van der Waals surface area (Å²) in [5.74, 6) is 0. The van der Waals surface area contributed by atoms with E-state index in [-0.39, 0.29) is 0 Å². The smallest absolute Gasteiger partial charge is 0.147 e. The van der Waals surface area contributed by atoms with Crippen LogP contribution >= 0.6 is 31.9 Å². The van der Waals surface area contributed by atoms with Crippen molar-refractivity contribution in [1.82, 2.24) is 0 Å². The van der Waals surface area contributed by atoms with Gasteiger partial charge >= 0.3 is 0 Å². The Hall–Kier alpha value is -1.40. The Morgan fingerprint density at radius 2 is 0.950 bits per heavy atom. The van der Waals surface area contributed by atoms with Crippen LogP contribution in [0.4, 0.5) is 0 Å². The highest BCUT2D eigenvalue weighted by Crippen LogP contribution is 2.35. The third kappa shape index (κ3) is 3.37. The first kappa shape index (κ1) is 15.0. The number of hydrogen-bond acceptors (Lipinski definition) is 4. The quantitative estimate of drug-likeness (QED) is 0.623. The van der Waals surface area contributed by atoms with Crippen LogP contribution in [0.3, 0.4) is 0 Å². The molecular weight excluding hydrogens is 388 g/mol. The molecule has 2 aromatic carbocycles. The van der Waals surface area contributed by atoms with Crippen molar-refractivity contribution < 1.29 is 0 Å². The standard InChI is InChI=1S/C14H10Br2N2O2/c15-11-5-1-9(2-6-11)13(17-19)14(18-20)10-3-7-12(16)8-4-10/h1-8,13-14H. The molecular formula is C14H10Br2N2O2. The molecule has 0 aliphatic heterocycles. The Morgan fingerprint density at radius 1 is 0.650 bits per heavy atom. The monoisotopic (exact) mass is 396 g/mol. The zero-order valence-electron chi connectivity index (χ0n) is 10.2. The first-order chi connectivity index (χ1) is 9.65. The van der Waals surface area contributed by atoms with E-state index in [4.69, 9.17) is 0 Å². The Balaban J connectivity index is 2.37. The maximum absolute atomic E-state index is 11.2. The molecule has 2 unspecified atom stereocenters. The van der Waals surface area contributed by atoms with Gasteiger partial charge in [0.2, 0.25) is 0 Å². The molecule has 4 nitrogen and oxygen atoms in total. The lowest BCUT2D eigenvalue weighted by atomic mass is 9.95. The summed E-state index contributed by atoms with van der Waals surface area (Å²) in [6.07, 6.45) is 0. The average Bonchev–Trinajstić information content (AvgIpc) is 2.47. The molecule has 0 saturated heterocycles. The molecule has 0 saturated carbocycles. The molecule has 2 rings (SSSR count). The van der Waals surface area contributed by atoms with Gasteiger partial charge in [-0.2, -0.15) is 9.81 Å². The number of benzene rings is 2. The van der Waals surface area contributed by atoms with Gasteiger partial charge in [-0.15, -0.1) is 0 Å². The molecule has 0 fully saturated rings. The Labute approximate surface area is 132 Å². The van der Waals surface area contributed by atoms with E-state index in [9.17, 15) is 9.81 Å². The second kappa shape index (κ2) is 6.85. The Bertz CT molecular complexity index is 544. The topological polar surface area (TPSA) is 58.9 Å². The zero-order chi connectivity index (χ0) is 14.5. The number of rotatable bonds is 5. The van der Waals surface area contributed by atoms with Crippen LogP contribution in [0.1, 0.15) is 23.2 Å². The number of nitrogens with zero attached hydrogens (tertiary/aromatic N) is 2. The summed E-state index contributed by atoms with van der Waals surface area (Å²) in [5, 5.41) is 6.17. The third-order valence-corrected chi connectivity index (χ3v) is 4.01. The zero-order valence-corrected chi connectivity index (χ0v) is 13.4. The molecule has 2 atom stereocenters. The van der Waals surface area contributed by atoms with Crippen molar-refractivity contribution >= 4 is 31.9 Å². The molecule has 0 aliphatic carbocycles. The van der Waals surface area contributed by atoms with Crippen molar-refractivity contribution in [1.29, 1.82) is 0 Å². The minimum Gasteiger partial charge on any atom is -0.150 e. The van der Waals surface area contributed by atoms with Crippen molar-refractivity contribution in [3.8, 4) is 0 Å². The van der Waals surface area contributed by atoms with E-state index in [1.807, 2.05) is 0 Å². The van der Waals surface area contributed by atoms with Crippen LogP contribution in [-0.2, 0) is 0 Å². The summed E-state index contributed by atoms with van der Waals surface area (Å²) in [6, 6.07) is 12.6. The van der Waals surface area contributed by atoms with E-state index in [0.29, 0.717) is 11.1 Å². The van der Waals surface area contributed by atoms with Gasteiger partial charge in [0.05, 0.1) is 0 Å². The first-order valence-corrected chi connectivity index (χ1v) is 7.40. The van der Waals surface area contributed by atoms with Crippen LogP contribution in [0.2, 0.25) is 0 Å². The summed E-state index contributed by atoms with van der Waals surface area (Å²) >= 11 is 6.65. The number of hydrogen-bond donors (Lipinski definition) is 0. The Kier molecular flexibility index (Phi) is 5.14. The van der Waals surface area contributed by atoms with Gasteiger partial charge in [-0.25, -0.2) is 0 Å². The van der Waals surface area contributed by atoms with Gasteiger partial charge in [0.15, 0.2) is 0 Å². The largest absolute Gasteiger partial charge is 0.150 e. The minimum absolute atomic E-state index is 0.663. The lowest BCUT2D eigenvalue weighted by Gasteiger charge is -2.16.